The molecule has 2 amide bonds. The van der Waals surface area contributed by atoms with Crippen LogP contribution in [0, 0.1) is 5.82 Å². The molecule has 0 aliphatic carbocycles. The molecular formula is C29H27FN4O3. The second kappa shape index (κ2) is 10.7. The fourth-order valence-electron chi connectivity index (χ4n) is 4.54. The summed E-state index contributed by atoms with van der Waals surface area (Å²) in [5.74, 6) is 1.01. The predicted molar refractivity (Wildman–Crippen MR) is 138 cm³/mol. The molecule has 0 bridgehead atoms. The van der Waals surface area contributed by atoms with Gasteiger partial charge in [-0.1, -0.05) is 47.6 Å². The van der Waals surface area contributed by atoms with Gasteiger partial charge in [0.05, 0.1) is 18.7 Å². The summed E-state index contributed by atoms with van der Waals surface area (Å²) in [6.07, 6.45) is 1.61. The highest BCUT2D eigenvalue weighted by Crippen LogP contribution is 2.37. The quantitative estimate of drug-likeness (QED) is 0.322. The van der Waals surface area contributed by atoms with Crippen LogP contribution >= 0.6 is 0 Å². The number of nitrogens with zero attached hydrogens (tertiary/aromatic N) is 3. The van der Waals surface area contributed by atoms with Crippen LogP contribution in [0.5, 0.6) is 5.75 Å². The number of methoxy groups -OCH3 is 1. The normalized spacial score (nSPS) is 15.6. The second-order valence-corrected chi connectivity index (χ2v) is 8.83. The van der Waals surface area contributed by atoms with Crippen molar-refractivity contribution >= 4 is 11.6 Å². The number of halogens is 1. The summed E-state index contributed by atoms with van der Waals surface area (Å²) < 4.78 is 25.1. The number of urea groups is 1. The molecule has 2 heterocycles. The number of ether oxygens (including phenoxy) is 1. The van der Waals surface area contributed by atoms with E-state index in [-0.39, 0.29) is 11.9 Å². The van der Waals surface area contributed by atoms with Crippen molar-refractivity contribution in [1.29, 1.82) is 0 Å². The fraction of sp³-hybridized carbons (Fsp3) is 0.207. The third kappa shape index (κ3) is 5.23. The van der Waals surface area contributed by atoms with E-state index >= 15 is 0 Å². The zero-order chi connectivity index (χ0) is 25.8. The van der Waals surface area contributed by atoms with Gasteiger partial charge in [-0.2, -0.15) is 4.98 Å². The smallest absolute Gasteiger partial charge is 0.322 e. The molecule has 1 aliphatic heterocycles. The first-order chi connectivity index (χ1) is 18.0. The van der Waals surface area contributed by atoms with E-state index in [1.54, 1.807) is 24.1 Å². The van der Waals surface area contributed by atoms with E-state index < -0.39 is 11.9 Å². The Morgan fingerprint density at radius 3 is 2.57 bits per heavy atom. The topological polar surface area (TPSA) is 80.5 Å². The van der Waals surface area contributed by atoms with E-state index in [9.17, 15) is 9.18 Å². The van der Waals surface area contributed by atoms with Gasteiger partial charge in [0.25, 0.3) is 5.89 Å². The molecule has 188 valence electrons. The lowest BCUT2D eigenvalue weighted by Gasteiger charge is -2.35. The lowest BCUT2D eigenvalue weighted by Crippen LogP contribution is -2.46. The van der Waals surface area contributed by atoms with Gasteiger partial charge in [0.15, 0.2) is 0 Å². The zero-order valence-electron chi connectivity index (χ0n) is 20.6. The molecule has 1 unspecified atom stereocenters. The van der Waals surface area contributed by atoms with E-state index in [4.69, 9.17) is 9.26 Å². The van der Waals surface area contributed by atoms with Gasteiger partial charge in [0.1, 0.15) is 11.6 Å². The van der Waals surface area contributed by atoms with E-state index in [1.807, 2.05) is 49.4 Å². The Bertz CT molecular complexity index is 1420. The van der Waals surface area contributed by atoms with Crippen molar-refractivity contribution < 1.29 is 18.4 Å². The molecule has 0 radical (unpaired) electrons. The molecule has 0 spiro atoms. The maximum Gasteiger partial charge on any atom is 0.322 e. The lowest BCUT2D eigenvalue weighted by molar-refractivity contribution is 0.204. The van der Waals surface area contributed by atoms with E-state index in [0.717, 1.165) is 24.2 Å². The van der Waals surface area contributed by atoms with Gasteiger partial charge in [-0.3, -0.25) is 4.90 Å². The first-order valence-corrected chi connectivity index (χ1v) is 12.1. The SMILES string of the molecule is COc1ccc(-c2noc(C3=C(C)N(CCCc4ccccc4)C(=O)NC3c3cccc(F)c3)n2)cc1. The molecule has 37 heavy (non-hydrogen) atoms. The summed E-state index contributed by atoms with van der Waals surface area (Å²) >= 11 is 0. The average molecular weight is 499 g/mol. The molecule has 1 atom stereocenters. The highest BCUT2D eigenvalue weighted by molar-refractivity contribution is 5.86. The average Bonchev–Trinajstić information content (AvgIpc) is 3.40. The molecule has 7 nitrogen and oxygen atoms in total. The van der Waals surface area contributed by atoms with Crippen LogP contribution in [-0.4, -0.2) is 34.7 Å². The Kier molecular flexibility index (Phi) is 6.98. The number of allylic oxidation sites excluding steroid dienone is 1. The van der Waals surface area contributed by atoms with Crippen LogP contribution in [0.25, 0.3) is 17.0 Å². The molecule has 1 aliphatic rings. The van der Waals surface area contributed by atoms with E-state index in [1.165, 1.54) is 17.7 Å². The summed E-state index contributed by atoms with van der Waals surface area (Å²) in [6.45, 7) is 2.37. The van der Waals surface area contributed by atoms with Crippen molar-refractivity contribution in [1.82, 2.24) is 20.4 Å². The predicted octanol–water partition coefficient (Wildman–Crippen LogP) is 6.01. The van der Waals surface area contributed by atoms with Crippen molar-refractivity contribution in [2.24, 2.45) is 0 Å². The van der Waals surface area contributed by atoms with E-state index in [0.29, 0.717) is 29.2 Å². The van der Waals surface area contributed by atoms with Crippen molar-refractivity contribution in [3.63, 3.8) is 0 Å². The third-order valence-corrected chi connectivity index (χ3v) is 6.47. The fourth-order valence-corrected chi connectivity index (χ4v) is 4.54. The number of carbonyl (C=O) groups excluding carboxylic acids is 1. The standard InChI is InChI=1S/C29H27FN4O3/c1-19-25(28-32-27(33-37-28)21-13-15-24(36-2)16-14-21)26(22-11-6-12-23(30)18-22)31-29(35)34(19)17-7-10-20-8-4-3-5-9-20/h3-6,8-9,11-16,18,26H,7,10,17H2,1-2H3,(H,31,35). The number of benzene rings is 3. The van der Waals surface area contributed by atoms with Crippen molar-refractivity contribution in [2.45, 2.75) is 25.8 Å². The van der Waals surface area contributed by atoms with Crippen LogP contribution in [0.1, 0.15) is 36.4 Å². The largest absolute Gasteiger partial charge is 0.497 e. The van der Waals surface area contributed by atoms with Crippen molar-refractivity contribution in [3.8, 4) is 17.1 Å². The number of aromatic nitrogens is 2. The minimum absolute atomic E-state index is 0.251. The zero-order valence-corrected chi connectivity index (χ0v) is 20.6. The first kappa shape index (κ1) is 24.2. The van der Waals surface area contributed by atoms with Crippen LogP contribution in [0.2, 0.25) is 0 Å². The number of hydrogen-bond donors (Lipinski definition) is 1. The Hall–Kier alpha value is -4.46. The molecule has 0 saturated heterocycles. The molecule has 0 saturated carbocycles. The number of amides is 2. The van der Waals surface area contributed by atoms with Gasteiger partial charge in [-0.05, 0) is 67.3 Å². The van der Waals surface area contributed by atoms with Gasteiger partial charge in [-0.25, -0.2) is 9.18 Å². The lowest BCUT2D eigenvalue weighted by atomic mass is 9.94. The Balaban J connectivity index is 1.49. The number of carbonyl (C=O) groups is 1. The summed E-state index contributed by atoms with van der Waals surface area (Å²) in [6, 6.07) is 22.7. The molecule has 1 N–H and O–H groups in total. The molecule has 0 fully saturated rings. The molecule has 4 aromatic rings. The van der Waals surface area contributed by atoms with Gasteiger partial charge < -0.3 is 14.6 Å². The Morgan fingerprint density at radius 2 is 1.84 bits per heavy atom. The van der Waals surface area contributed by atoms with Crippen LogP contribution in [0.15, 0.2) is 89.1 Å². The second-order valence-electron chi connectivity index (χ2n) is 8.83. The summed E-state index contributed by atoms with van der Waals surface area (Å²) in [7, 11) is 1.60. The molecule has 1 aromatic heterocycles. The molecule has 8 heteroatoms. The van der Waals surface area contributed by atoms with Gasteiger partial charge in [0, 0.05) is 17.8 Å². The maximum atomic E-state index is 14.1. The molecule has 3 aromatic carbocycles. The number of rotatable bonds is 8. The first-order valence-electron chi connectivity index (χ1n) is 12.1. The van der Waals surface area contributed by atoms with Crippen molar-refractivity contribution in [3.05, 3.63) is 107 Å². The van der Waals surface area contributed by atoms with Gasteiger partial charge in [-0.15, -0.1) is 0 Å². The monoisotopic (exact) mass is 498 g/mol. The Labute approximate surface area is 214 Å². The minimum Gasteiger partial charge on any atom is -0.497 e. The van der Waals surface area contributed by atoms with Gasteiger partial charge >= 0.3 is 6.03 Å². The molecular weight excluding hydrogens is 471 g/mol. The number of aryl methyl sites for hydroxylation is 1. The number of nitrogens with one attached hydrogen (secondary N) is 1. The molecule has 5 rings (SSSR count). The van der Waals surface area contributed by atoms with Crippen LogP contribution in [0.3, 0.4) is 0 Å². The highest BCUT2D eigenvalue weighted by Gasteiger charge is 2.35. The highest BCUT2D eigenvalue weighted by atomic mass is 19.1. The van der Waals surface area contributed by atoms with Gasteiger partial charge in [0.2, 0.25) is 5.82 Å². The minimum atomic E-state index is -0.641. The Morgan fingerprint density at radius 1 is 1.05 bits per heavy atom. The van der Waals surface area contributed by atoms with E-state index in [2.05, 4.69) is 27.6 Å². The third-order valence-electron chi connectivity index (χ3n) is 6.47. The van der Waals surface area contributed by atoms with Crippen LogP contribution < -0.4 is 10.1 Å². The van der Waals surface area contributed by atoms with Crippen LogP contribution in [-0.2, 0) is 6.42 Å². The van der Waals surface area contributed by atoms with Crippen LogP contribution in [0.4, 0.5) is 9.18 Å². The summed E-state index contributed by atoms with van der Waals surface area (Å²) in [5.41, 5.74) is 3.89. The maximum absolute atomic E-state index is 14.1. The summed E-state index contributed by atoms with van der Waals surface area (Å²) in [4.78, 5) is 19.5. The van der Waals surface area contributed by atoms with Crippen molar-refractivity contribution in [2.75, 3.05) is 13.7 Å². The number of hydrogen-bond acceptors (Lipinski definition) is 5. The summed E-state index contributed by atoms with van der Waals surface area (Å²) in [5, 5.41) is 7.20.